The Labute approximate surface area is 161 Å². The number of anilines is 1. The van der Waals surface area contributed by atoms with Crippen molar-refractivity contribution in [3.8, 4) is 5.75 Å². The Kier molecular flexibility index (Phi) is 4.43. The van der Waals surface area contributed by atoms with Crippen molar-refractivity contribution in [2.24, 2.45) is 0 Å². The van der Waals surface area contributed by atoms with Crippen LogP contribution in [0.2, 0.25) is 0 Å². The summed E-state index contributed by atoms with van der Waals surface area (Å²) in [5.74, 6) is 0.592. The molecule has 2 atom stereocenters. The molecule has 27 heavy (non-hydrogen) atoms. The van der Waals surface area contributed by atoms with E-state index in [2.05, 4.69) is 24.9 Å². The van der Waals surface area contributed by atoms with Gasteiger partial charge < -0.3 is 9.64 Å². The van der Waals surface area contributed by atoms with Gasteiger partial charge in [-0.15, -0.1) is 0 Å². The number of methoxy groups -OCH3 is 1. The van der Waals surface area contributed by atoms with Gasteiger partial charge in [-0.2, -0.15) is 0 Å². The molecule has 144 valence electrons. The quantitative estimate of drug-likeness (QED) is 0.812. The number of aryl methyl sites for hydroxylation is 2. The van der Waals surface area contributed by atoms with Gasteiger partial charge in [0, 0.05) is 12.5 Å². The first-order valence-electron chi connectivity index (χ1n) is 9.31. The number of hydrogen-bond acceptors (Lipinski definition) is 4. The molecule has 2 aliphatic heterocycles. The number of likely N-dealkylation sites (tertiary alicyclic amines) is 1. The predicted molar refractivity (Wildman–Crippen MR) is 107 cm³/mol. The van der Waals surface area contributed by atoms with Crippen LogP contribution in [0.4, 0.5) is 5.69 Å². The molecule has 4 rings (SSSR count). The first-order chi connectivity index (χ1) is 12.8. The maximum absolute atomic E-state index is 13.8. The zero-order chi connectivity index (χ0) is 19.3. The summed E-state index contributed by atoms with van der Waals surface area (Å²) >= 11 is 0. The molecule has 2 heterocycles. The van der Waals surface area contributed by atoms with Crippen molar-refractivity contribution in [2.75, 3.05) is 31.6 Å². The van der Waals surface area contributed by atoms with Crippen molar-refractivity contribution >= 4 is 15.7 Å². The third kappa shape index (κ3) is 2.91. The lowest BCUT2D eigenvalue weighted by Gasteiger charge is -2.36. The molecule has 2 aliphatic rings. The van der Waals surface area contributed by atoms with E-state index in [-0.39, 0.29) is 16.9 Å². The molecule has 0 saturated carbocycles. The Morgan fingerprint density at radius 3 is 2.52 bits per heavy atom. The SMILES string of the molecule is COc1ccc(C)cc1S(=O)(=O)N1c2ccc(C)cc2[C@@H]2CN(C)CC[C@H]21. The van der Waals surface area contributed by atoms with E-state index in [1.165, 1.54) is 7.11 Å². The van der Waals surface area contributed by atoms with Crippen LogP contribution in [0, 0.1) is 13.8 Å². The minimum Gasteiger partial charge on any atom is -0.495 e. The number of hydrogen-bond donors (Lipinski definition) is 0. The maximum atomic E-state index is 13.8. The van der Waals surface area contributed by atoms with E-state index in [1.807, 2.05) is 25.1 Å². The van der Waals surface area contributed by atoms with Crippen molar-refractivity contribution in [3.05, 3.63) is 53.1 Å². The van der Waals surface area contributed by atoms with E-state index >= 15 is 0 Å². The van der Waals surface area contributed by atoms with Crippen molar-refractivity contribution in [1.29, 1.82) is 0 Å². The fraction of sp³-hybridized carbons (Fsp3) is 0.429. The second-order valence-corrected chi connectivity index (χ2v) is 9.53. The normalized spacial score (nSPS) is 22.4. The third-order valence-electron chi connectivity index (χ3n) is 5.76. The highest BCUT2D eigenvalue weighted by Crippen LogP contribution is 2.48. The van der Waals surface area contributed by atoms with Crippen LogP contribution < -0.4 is 9.04 Å². The van der Waals surface area contributed by atoms with Gasteiger partial charge in [0.15, 0.2) is 0 Å². The van der Waals surface area contributed by atoms with Crippen LogP contribution in [0.3, 0.4) is 0 Å². The van der Waals surface area contributed by atoms with Gasteiger partial charge in [-0.3, -0.25) is 4.31 Å². The minimum absolute atomic E-state index is 0.0479. The fourth-order valence-corrected chi connectivity index (χ4v) is 6.42. The van der Waals surface area contributed by atoms with Crippen molar-refractivity contribution < 1.29 is 13.2 Å². The van der Waals surface area contributed by atoms with Gasteiger partial charge in [0.25, 0.3) is 10.0 Å². The summed E-state index contributed by atoms with van der Waals surface area (Å²) in [6, 6.07) is 11.4. The van der Waals surface area contributed by atoms with E-state index in [0.717, 1.165) is 41.9 Å². The number of nitrogens with zero attached hydrogens (tertiary/aromatic N) is 2. The zero-order valence-corrected chi connectivity index (χ0v) is 17.1. The van der Waals surface area contributed by atoms with E-state index in [9.17, 15) is 8.42 Å². The molecule has 0 aromatic heterocycles. The Bertz CT molecular complexity index is 987. The Hall–Kier alpha value is -2.05. The summed E-state index contributed by atoms with van der Waals surface area (Å²) in [4.78, 5) is 2.53. The first-order valence-corrected chi connectivity index (χ1v) is 10.7. The molecular formula is C21H26N2O3S. The van der Waals surface area contributed by atoms with Crippen LogP contribution in [0.25, 0.3) is 0 Å². The molecule has 0 amide bonds. The number of sulfonamides is 1. The van der Waals surface area contributed by atoms with E-state index in [4.69, 9.17) is 4.74 Å². The van der Waals surface area contributed by atoms with Crippen LogP contribution in [-0.4, -0.2) is 46.6 Å². The maximum Gasteiger partial charge on any atom is 0.268 e. The molecule has 0 spiro atoms. The molecule has 1 fully saturated rings. The van der Waals surface area contributed by atoms with Gasteiger partial charge in [0.05, 0.1) is 18.8 Å². The third-order valence-corrected chi connectivity index (χ3v) is 7.62. The summed E-state index contributed by atoms with van der Waals surface area (Å²) < 4.78 is 34.6. The number of piperidine rings is 1. The Morgan fingerprint density at radius 2 is 1.78 bits per heavy atom. The Morgan fingerprint density at radius 1 is 1.07 bits per heavy atom. The average Bonchev–Trinajstić information content (AvgIpc) is 2.95. The summed E-state index contributed by atoms with van der Waals surface area (Å²) in [7, 11) is -0.107. The van der Waals surface area contributed by atoms with Gasteiger partial charge in [-0.1, -0.05) is 23.8 Å². The monoisotopic (exact) mass is 386 g/mol. The summed E-state index contributed by atoms with van der Waals surface area (Å²) in [6.45, 7) is 5.73. The van der Waals surface area contributed by atoms with E-state index < -0.39 is 10.0 Å². The number of rotatable bonds is 3. The Balaban J connectivity index is 1.89. The highest BCUT2D eigenvalue weighted by atomic mass is 32.2. The lowest BCUT2D eigenvalue weighted by molar-refractivity contribution is 0.237. The molecule has 0 N–H and O–H groups in total. The van der Waals surface area contributed by atoms with Crippen molar-refractivity contribution in [3.63, 3.8) is 0 Å². The number of fused-ring (bicyclic) bond motifs is 3. The molecule has 5 nitrogen and oxygen atoms in total. The molecular weight excluding hydrogens is 360 g/mol. The molecule has 0 radical (unpaired) electrons. The van der Waals surface area contributed by atoms with Crippen LogP contribution >= 0.6 is 0 Å². The van der Waals surface area contributed by atoms with E-state index in [0.29, 0.717) is 5.75 Å². The van der Waals surface area contributed by atoms with Gasteiger partial charge in [0.2, 0.25) is 0 Å². The van der Waals surface area contributed by atoms with Crippen LogP contribution in [0.5, 0.6) is 5.75 Å². The van der Waals surface area contributed by atoms with Crippen LogP contribution in [-0.2, 0) is 10.0 Å². The average molecular weight is 387 g/mol. The number of likely N-dealkylation sites (N-methyl/N-ethyl adjacent to an activating group) is 1. The van der Waals surface area contributed by atoms with Gasteiger partial charge >= 0.3 is 0 Å². The van der Waals surface area contributed by atoms with Crippen molar-refractivity contribution in [2.45, 2.75) is 37.1 Å². The molecule has 2 aromatic rings. The fourth-order valence-electron chi connectivity index (χ4n) is 4.44. The first kappa shape index (κ1) is 18.3. The van der Waals surface area contributed by atoms with Gasteiger partial charge in [0.1, 0.15) is 10.6 Å². The lowest BCUT2D eigenvalue weighted by Crippen LogP contribution is -2.47. The largest absolute Gasteiger partial charge is 0.495 e. The molecule has 0 unspecified atom stereocenters. The molecule has 1 saturated heterocycles. The zero-order valence-electron chi connectivity index (χ0n) is 16.3. The standard InChI is InChI=1S/C21H26N2O3S/c1-14-5-7-18-16(11-14)17-13-22(3)10-9-19(17)23(18)27(24,25)21-12-15(2)6-8-20(21)26-4/h5-8,11-12,17,19H,9-10,13H2,1-4H3/t17-,19+/m0/s1. The molecule has 0 bridgehead atoms. The summed E-state index contributed by atoms with van der Waals surface area (Å²) in [5.41, 5.74) is 4.02. The second-order valence-electron chi connectivity index (χ2n) is 7.74. The van der Waals surface area contributed by atoms with E-state index in [1.54, 1.807) is 16.4 Å². The molecule has 0 aliphatic carbocycles. The summed E-state index contributed by atoms with van der Waals surface area (Å²) in [6.07, 6.45) is 0.822. The highest BCUT2D eigenvalue weighted by molar-refractivity contribution is 7.93. The smallest absolute Gasteiger partial charge is 0.268 e. The molecule has 2 aromatic carbocycles. The van der Waals surface area contributed by atoms with Crippen LogP contribution in [0.1, 0.15) is 29.0 Å². The van der Waals surface area contributed by atoms with Crippen molar-refractivity contribution in [1.82, 2.24) is 4.90 Å². The topological polar surface area (TPSA) is 49.9 Å². The lowest BCUT2D eigenvalue weighted by atomic mass is 9.89. The van der Waals surface area contributed by atoms with Gasteiger partial charge in [-0.25, -0.2) is 8.42 Å². The van der Waals surface area contributed by atoms with Gasteiger partial charge in [-0.05, 0) is 63.2 Å². The second kappa shape index (κ2) is 6.53. The van der Waals surface area contributed by atoms with Crippen LogP contribution in [0.15, 0.2) is 41.3 Å². The minimum atomic E-state index is -3.73. The molecule has 6 heteroatoms. The predicted octanol–water partition coefficient (Wildman–Crippen LogP) is 3.31. The summed E-state index contributed by atoms with van der Waals surface area (Å²) in [5, 5.41) is 0. The number of ether oxygens (including phenoxy) is 1. The highest BCUT2D eigenvalue weighted by Gasteiger charge is 2.47. The number of benzene rings is 2.